The zero-order valence-electron chi connectivity index (χ0n) is 24.4. The molecule has 3 fully saturated rings. The number of piperazine rings is 1. The van der Waals surface area contributed by atoms with Crippen LogP contribution < -0.4 is 10.2 Å². The Balaban J connectivity index is 0.000000524. The molecule has 0 radical (unpaired) electrons. The van der Waals surface area contributed by atoms with Gasteiger partial charge in [-0.05, 0) is 94.8 Å². The van der Waals surface area contributed by atoms with Gasteiger partial charge in [-0.15, -0.1) is 0 Å². The predicted octanol–water partition coefficient (Wildman–Crippen LogP) is 4.28. The first-order chi connectivity index (χ1) is 20.7. The summed E-state index contributed by atoms with van der Waals surface area (Å²) in [5.41, 5.74) is 8.06. The first-order valence-electron chi connectivity index (χ1n) is 15.3. The summed E-state index contributed by atoms with van der Waals surface area (Å²) in [6.07, 6.45) is 11.1. The van der Waals surface area contributed by atoms with E-state index in [0.717, 1.165) is 71.8 Å². The van der Waals surface area contributed by atoms with Gasteiger partial charge in [0, 0.05) is 68.1 Å². The van der Waals surface area contributed by atoms with E-state index in [-0.39, 0.29) is 0 Å². The molecule has 218 valence electrons. The van der Waals surface area contributed by atoms with E-state index < -0.39 is 0 Å². The lowest BCUT2D eigenvalue weighted by Gasteiger charge is -2.34. The molecule has 0 aliphatic carbocycles. The highest BCUT2D eigenvalue weighted by molar-refractivity contribution is 5.93. The van der Waals surface area contributed by atoms with Crippen LogP contribution in [0.3, 0.4) is 0 Å². The average molecular weight is 565 g/mol. The Kier molecular flexibility index (Phi) is 7.82. The van der Waals surface area contributed by atoms with Crippen LogP contribution in [0.5, 0.6) is 0 Å². The lowest BCUT2D eigenvalue weighted by atomic mass is 10.1. The standard InChI is InChI=1S/C28H31N9.C4H9N/c1-35-8-10-37(11-9-35)22-4-5-24-25(14-22)32-28(31-24)26-23-13-21(17-30-27(23)34-33-26)20-12-19(15-29-16-20)18-36-6-2-3-7-36;1-2-4-5-3-1/h4-5,12-17H,2-3,6-11,18H2,1H3,(H,31,32)(H,30,33,34);5H,1-4H2. The molecule has 0 saturated carbocycles. The van der Waals surface area contributed by atoms with Gasteiger partial charge >= 0.3 is 0 Å². The molecule has 0 bridgehead atoms. The van der Waals surface area contributed by atoms with Crippen molar-refractivity contribution in [3.63, 3.8) is 0 Å². The van der Waals surface area contributed by atoms with E-state index in [1.54, 1.807) is 0 Å². The Labute approximate surface area is 246 Å². The monoisotopic (exact) mass is 564 g/mol. The molecule has 1 aromatic carbocycles. The minimum atomic E-state index is 0.679. The molecule has 10 heteroatoms. The molecule has 3 aliphatic rings. The summed E-state index contributed by atoms with van der Waals surface area (Å²) in [4.78, 5) is 24.9. The molecule has 3 N–H and O–H groups in total. The lowest BCUT2D eigenvalue weighted by Crippen LogP contribution is -2.44. The summed E-state index contributed by atoms with van der Waals surface area (Å²) in [6, 6.07) is 10.8. The molecule has 42 heavy (non-hydrogen) atoms. The van der Waals surface area contributed by atoms with Crippen LogP contribution in [0.15, 0.2) is 48.9 Å². The Morgan fingerprint density at radius 1 is 0.833 bits per heavy atom. The normalized spacial score (nSPS) is 18.2. The van der Waals surface area contributed by atoms with E-state index in [9.17, 15) is 0 Å². The maximum atomic E-state index is 4.88. The topological polar surface area (TPSA) is 105 Å². The first kappa shape index (κ1) is 27.0. The van der Waals surface area contributed by atoms with Gasteiger partial charge in [-0.1, -0.05) is 0 Å². The van der Waals surface area contributed by atoms with E-state index >= 15 is 0 Å². The molecule has 5 aromatic rings. The summed E-state index contributed by atoms with van der Waals surface area (Å²) in [7, 11) is 2.18. The SMILES string of the molecule is C1CCNC1.CN1CCN(c2ccc3nc(-c4[nH]nc5ncc(-c6cncc(CN7CCCC7)c6)cc45)[nH]c3c2)CC1. The van der Waals surface area contributed by atoms with Crippen LogP contribution in [0.1, 0.15) is 31.2 Å². The van der Waals surface area contributed by atoms with E-state index in [1.807, 2.05) is 18.6 Å². The van der Waals surface area contributed by atoms with E-state index in [2.05, 4.69) is 82.5 Å². The summed E-state index contributed by atoms with van der Waals surface area (Å²) in [5.74, 6) is 0.771. The number of hydrogen-bond acceptors (Lipinski definition) is 8. The number of anilines is 1. The number of likely N-dealkylation sites (N-methyl/N-ethyl adjacent to an activating group) is 1. The number of aromatic nitrogens is 6. The van der Waals surface area contributed by atoms with Crippen molar-refractivity contribution in [3.05, 3.63) is 54.5 Å². The Morgan fingerprint density at radius 2 is 1.64 bits per heavy atom. The number of H-pyrrole nitrogens is 2. The van der Waals surface area contributed by atoms with Crippen LogP contribution >= 0.6 is 0 Å². The minimum Gasteiger partial charge on any atom is -0.369 e. The Bertz CT molecular complexity index is 1630. The van der Waals surface area contributed by atoms with Crippen LogP contribution in [0.25, 0.3) is 44.7 Å². The number of fused-ring (bicyclic) bond motifs is 2. The van der Waals surface area contributed by atoms with Crippen molar-refractivity contribution in [2.75, 3.05) is 64.3 Å². The molecule has 3 saturated heterocycles. The number of rotatable bonds is 5. The van der Waals surface area contributed by atoms with Crippen LogP contribution in [0.2, 0.25) is 0 Å². The molecule has 0 spiro atoms. The van der Waals surface area contributed by atoms with Gasteiger partial charge in [0.1, 0.15) is 5.69 Å². The van der Waals surface area contributed by atoms with Crippen molar-refractivity contribution >= 4 is 27.8 Å². The molecule has 0 amide bonds. The quantitative estimate of drug-likeness (QED) is 0.291. The van der Waals surface area contributed by atoms with Crippen molar-refractivity contribution in [3.8, 4) is 22.6 Å². The second kappa shape index (κ2) is 12.2. The zero-order chi connectivity index (χ0) is 28.3. The van der Waals surface area contributed by atoms with Crippen LogP contribution in [0.4, 0.5) is 5.69 Å². The smallest absolute Gasteiger partial charge is 0.181 e. The van der Waals surface area contributed by atoms with Crippen molar-refractivity contribution < 1.29 is 0 Å². The third kappa shape index (κ3) is 5.88. The van der Waals surface area contributed by atoms with E-state index in [4.69, 9.17) is 4.98 Å². The van der Waals surface area contributed by atoms with Crippen LogP contribution in [-0.2, 0) is 6.54 Å². The maximum absolute atomic E-state index is 4.88. The van der Waals surface area contributed by atoms with Crippen molar-refractivity contribution in [2.45, 2.75) is 32.2 Å². The van der Waals surface area contributed by atoms with Gasteiger partial charge < -0.3 is 20.1 Å². The number of benzene rings is 1. The number of imidazole rings is 1. The second-order valence-corrected chi connectivity index (χ2v) is 11.8. The van der Waals surface area contributed by atoms with Gasteiger partial charge in [0.25, 0.3) is 0 Å². The summed E-state index contributed by atoms with van der Waals surface area (Å²) < 4.78 is 0. The molecule has 10 nitrogen and oxygen atoms in total. The van der Waals surface area contributed by atoms with E-state index in [1.165, 1.54) is 63.1 Å². The van der Waals surface area contributed by atoms with Gasteiger partial charge in [0.05, 0.1) is 16.4 Å². The van der Waals surface area contributed by atoms with Crippen LogP contribution in [-0.4, -0.2) is 99.3 Å². The van der Waals surface area contributed by atoms with Crippen molar-refractivity contribution in [1.29, 1.82) is 0 Å². The predicted molar refractivity (Wildman–Crippen MR) is 169 cm³/mol. The van der Waals surface area contributed by atoms with Gasteiger partial charge in [-0.25, -0.2) is 9.97 Å². The van der Waals surface area contributed by atoms with E-state index in [0.29, 0.717) is 5.65 Å². The summed E-state index contributed by atoms with van der Waals surface area (Å²) in [6.45, 7) is 10.0. The molecule has 4 aromatic heterocycles. The minimum absolute atomic E-state index is 0.679. The largest absolute Gasteiger partial charge is 0.369 e. The molecular formula is C32H40N10. The highest BCUT2D eigenvalue weighted by Crippen LogP contribution is 2.30. The number of hydrogen-bond donors (Lipinski definition) is 3. The molecule has 0 atom stereocenters. The summed E-state index contributed by atoms with van der Waals surface area (Å²) >= 11 is 0. The highest BCUT2D eigenvalue weighted by atomic mass is 15.2. The molecule has 0 unspecified atom stereocenters. The van der Waals surface area contributed by atoms with Crippen molar-refractivity contribution in [1.82, 2.24) is 45.2 Å². The highest BCUT2D eigenvalue weighted by Gasteiger charge is 2.18. The number of likely N-dealkylation sites (tertiary alicyclic amines) is 1. The summed E-state index contributed by atoms with van der Waals surface area (Å²) in [5, 5.41) is 11.8. The molecule has 3 aliphatic heterocycles. The molecule has 8 rings (SSSR count). The van der Waals surface area contributed by atoms with Crippen molar-refractivity contribution in [2.24, 2.45) is 0 Å². The Hall–Kier alpha value is -3.86. The molecular weight excluding hydrogens is 524 g/mol. The fourth-order valence-electron chi connectivity index (χ4n) is 6.17. The third-order valence-corrected chi connectivity index (χ3v) is 8.67. The lowest BCUT2D eigenvalue weighted by molar-refractivity contribution is 0.313. The number of pyridine rings is 2. The first-order valence-corrected chi connectivity index (χ1v) is 15.3. The number of aromatic amines is 2. The fraction of sp³-hybridized carbons (Fsp3) is 0.438. The second-order valence-electron chi connectivity index (χ2n) is 11.8. The third-order valence-electron chi connectivity index (χ3n) is 8.67. The zero-order valence-corrected chi connectivity index (χ0v) is 24.4. The van der Waals surface area contributed by atoms with Gasteiger partial charge in [0.2, 0.25) is 0 Å². The van der Waals surface area contributed by atoms with Gasteiger partial charge in [-0.3, -0.25) is 15.0 Å². The molecule has 7 heterocycles. The fourth-order valence-corrected chi connectivity index (χ4v) is 6.17. The van der Waals surface area contributed by atoms with Gasteiger partial charge in [-0.2, -0.15) is 5.10 Å². The van der Waals surface area contributed by atoms with Gasteiger partial charge in [0.15, 0.2) is 11.5 Å². The maximum Gasteiger partial charge on any atom is 0.181 e. The van der Waals surface area contributed by atoms with Crippen LogP contribution in [0, 0.1) is 0 Å². The average Bonchev–Trinajstić information content (AvgIpc) is 3.85. The number of nitrogens with one attached hydrogen (secondary N) is 3. The number of nitrogens with zero attached hydrogens (tertiary/aromatic N) is 7. The Morgan fingerprint density at radius 3 is 2.43 bits per heavy atom.